The quantitative estimate of drug-likeness (QED) is 0.602. The van der Waals surface area contributed by atoms with Crippen LogP contribution in [0.5, 0.6) is 0 Å². The molecule has 0 aliphatic rings. The summed E-state index contributed by atoms with van der Waals surface area (Å²) >= 11 is 0. The van der Waals surface area contributed by atoms with E-state index in [9.17, 15) is 32.2 Å². The maximum Gasteiger partial charge on any atom is 0.416 e. The Morgan fingerprint density at radius 2 is 1.88 bits per heavy atom. The molecule has 3 N–H and O–H groups in total. The number of halogens is 3. The molecule has 0 bridgehead atoms. The van der Waals surface area contributed by atoms with Gasteiger partial charge in [-0.05, 0) is 18.1 Å². The Morgan fingerprint density at radius 3 is 2.38 bits per heavy atom. The van der Waals surface area contributed by atoms with Crippen molar-refractivity contribution in [2.75, 3.05) is 0 Å². The second-order valence-electron chi connectivity index (χ2n) is 4.86. The Balaban J connectivity index is 2.86. The SMILES string of the molecule is O=C(O)CCC(OP(=O)(O)Cc1cccc(C(F)(F)F)c1)C(=O)O. The number of aliphatic carboxylic acids is 2. The van der Waals surface area contributed by atoms with Crippen molar-refractivity contribution in [2.24, 2.45) is 0 Å². The molecule has 0 aliphatic carbocycles. The van der Waals surface area contributed by atoms with Crippen LogP contribution in [-0.2, 0) is 31.0 Å². The van der Waals surface area contributed by atoms with Crippen LogP contribution in [0.3, 0.4) is 0 Å². The van der Waals surface area contributed by atoms with Crippen LogP contribution in [0, 0.1) is 0 Å². The number of carboxylic acid groups (broad SMARTS) is 2. The molecule has 0 amide bonds. The van der Waals surface area contributed by atoms with Crippen LogP contribution in [0.2, 0.25) is 0 Å². The first-order chi connectivity index (χ1) is 10.9. The van der Waals surface area contributed by atoms with E-state index in [1.807, 2.05) is 0 Å². The lowest BCUT2D eigenvalue weighted by Gasteiger charge is -2.18. The molecule has 2 atom stereocenters. The number of carbonyl (C=O) groups is 2. The Kier molecular flexibility index (Phi) is 6.53. The van der Waals surface area contributed by atoms with Gasteiger partial charge in [0.15, 0.2) is 6.10 Å². The standard InChI is InChI=1S/C13H14F3O7P/c14-13(15,16)9-3-1-2-8(6-9)7-24(21,22)23-10(12(19)20)4-5-11(17)18/h1-3,6,10H,4-5,7H2,(H,17,18)(H,19,20)(H,21,22). The summed E-state index contributed by atoms with van der Waals surface area (Å²) in [4.78, 5) is 31.0. The van der Waals surface area contributed by atoms with E-state index in [0.29, 0.717) is 6.07 Å². The second-order valence-corrected chi connectivity index (χ2v) is 6.66. The predicted molar refractivity (Wildman–Crippen MR) is 74.4 cm³/mol. The average Bonchev–Trinajstić information content (AvgIpc) is 2.41. The van der Waals surface area contributed by atoms with Gasteiger partial charge in [-0.25, -0.2) is 4.79 Å². The van der Waals surface area contributed by atoms with Crippen LogP contribution in [0.1, 0.15) is 24.0 Å². The van der Waals surface area contributed by atoms with Gasteiger partial charge >= 0.3 is 25.7 Å². The van der Waals surface area contributed by atoms with E-state index in [0.717, 1.165) is 18.2 Å². The number of hydrogen-bond donors (Lipinski definition) is 3. The minimum Gasteiger partial charge on any atom is -0.481 e. The first-order valence-corrected chi connectivity index (χ1v) is 8.28. The molecule has 0 heterocycles. The molecular formula is C13H14F3O7P. The maximum absolute atomic E-state index is 12.6. The fraction of sp³-hybridized carbons (Fsp3) is 0.385. The molecule has 1 rings (SSSR count). The summed E-state index contributed by atoms with van der Waals surface area (Å²) in [5.74, 6) is -2.97. The molecule has 0 fully saturated rings. The fourth-order valence-corrected chi connectivity index (χ4v) is 3.11. The summed E-state index contributed by atoms with van der Waals surface area (Å²) in [5.41, 5.74) is -1.20. The van der Waals surface area contributed by atoms with Gasteiger partial charge in [0, 0.05) is 6.42 Å². The molecule has 0 aliphatic heterocycles. The summed E-state index contributed by atoms with van der Waals surface area (Å²) in [7, 11) is -4.60. The van der Waals surface area contributed by atoms with E-state index in [-0.39, 0.29) is 5.56 Å². The zero-order chi connectivity index (χ0) is 18.5. The third kappa shape index (κ3) is 6.69. The van der Waals surface area contributed by atoms with E-state index in [2.05, 4.69) is 4.52 Å². The molecule has 1 aromatic carbocycles. The third-order valence-corrected chi connectivity index (χ3v) is 4.17. The predicted octanol–water partition coefficient (Wildman–Crippen LogP) is 2.73. The minimum atomic E-state index is -4.64. The van der Waals surface area contributed by atoms with Gasteiger partial charge in [0.1, 0.15) is 0 Å². The number of rotatable bonds is 8. The van der Waals surface area contributed by atoms with Crippen LogP contribution < -0.4 is 0 Å². The monoisotopic (exact) mass is 370 g/mol. The highest BCUT2D eigenvalue weighted by Gasteiger charge is 2.33. The molecule has 2 unspecified atom stereocenters. The van der Waals surface area contributed by atoms with E-state index in [1.165, 1.54) is 0 Å². The van der Waals surface area contributed by atoms with Crippen LogP contribution >= 0.6 is 7.60 Å². The lowest BCUT2D eigenvalue weighted by Crippen LogP contribution is -2.24. The van der Waals surface area contributed by atoms with Crippen molar-refractivity contribution in [2.45, 2.75) is 31.3 Å². The van der Waals surface area contributed by atoms with Gasteiger partial charge in [-0.15, -0.1) is 0 Å². The lowest BCUT2D eigenvalue weighted by molar-refractivity contribution is -0.146. The summed E-state index contributed by atoms with van der Waals surface area (Å²) in [6, 6.07) is 3.63. The first-order valence-electron chi connectivity index (χ1n) is 6.51. The molecule has 0 saturated carbocycles. The summed E-state index contributed by atoms with van der Waals surface area (Å²) in [6.07, 6.45) is -8.50. The van der Waals surface area contributed by atoms with Gasteiger partial charge in [-0.2, -0.15) is 13.2 Å². The number of carboxylic acids is 2. The molecular weight excluding hydrogens is 356 g/mol. The molecule has 24 heavy (non-hydrogen) atoms. The first kappa shape index (κ1) is 20.1. The minimum absolute atomic E-state index is 0.168. The summed E-state index contributed by atoms with van der Waals surface area (Å²) in [5, 5.41) is 17.4. The van der Waals surface area contributed by atoms with Crippen molar-refractivity contribution < 1.29 is 47.0 Å². The van der Waals surface area contributed by atoms with Gasteiger partial charge < -0.3 is 15.1 Å². The number of benzene rings is 1. The van der Waals surface area contributed by atoms with E-state index < -0.39 is 56.4 Å². The fourth-order valence-electron chi connectivity index (χ4n) is 1.79. The summed E-state index contributed by atoms with van der Waals surface area (Å²) in [6.45, 7) is 0. The van der Waals surface area contributed by atoms with Gasteiger partial charge in [0.05, 0.1) is 11.7 Å². The molecule has 134 valence electrons. The normalized spacial score (nSPS) is 15.5. The van der Waals surface area contributed by atoms with Crippen molar-refractivity contribution in [1.82, 2.24) is 0 Å². The Morgan fingerprint density at radius 1 is 1.25 bits per heavy atom. The molecule has 0 radical (unpaired) electrons. The molecule has 7 nitrogen and oxygen atoms in total. The number of alkyl halides is 3. The van der Waals surface area contributed by atoms with Gasteiger partial charge in [-0.1, -0.05) is 18.2 Å². The van der Waals surface area contributed by atoms with E-state index >= 15 is 0 Å². The van der Waals surface area contributed by atoms with Crippen LogP contribution in [0.25, 0.3) is 0 Å². The third-order valence-electron chi connectivity index (χ3n) is 2.82. The van der Waals surface area contributed by atoms with Gasteiger partial charge in [0.2, 0.25) is 0 Å². The van der Waals surface area contributed by atoms with Crippen LogP contribution in [0.15, 0.2) is 24.3 Å². The average molecular weight is 370 g/mol. The van der Waals surface area contributed by atoms with Crippen molar-refractivity contribution in [3.63, 3.8) is 0 Å². The molecule has 0 saturated heterocycles. The topological polar surface area (TPSA) is 121 Å². The van der Waals surface area contributed by atoms with Gasteiger partial charge in [-0.3, -0.25) is 13.9 Å². The van der Waals surface area contributed by atoms with Crippen LogP contribution in [-0.4, -0.2) is 33.1 Å². The van der Waals surface area contributed by atoms with Crippen LogP contribution in [0.4, 0.5) is 13.2 Å². The smallest absolute Gasteiger partial charge is 0.416 e. The molecule has 0 spiro atoms. The lowest BCUT2D eigenvalue weighted by atomic mass is 10.1. The Bertz CT molecular complexity index is 659. The maximum atomic E-state index is 12.6. The highest BCUT2D eigenvalue weighted by molar-refractivity contribution is 7.52. The van der Waals surface area contributed by atoms with Crippen molar-refractivity contribution in [1.29, 1.82) is 0 Å². The number of hydrogen-bond acceptors (Lipinski definition) is 4. The van der Waals surface area contributed by atoms with Crippen molar-refractivity contribution in [3.05, 3.63) is 35.4 Å². The van der Waals surface area contributed by atoms with Crippen molar-refractivity contribution >= 4 is 19.5 Å². The zero-order valence-electron chi connectivity index (χ0n) is 12.1. The van der Waals surface area contributed by atoms with E-state index in [4.69, 9.17) is 10.2 Å². The largest absolute Gasteiger partial charge is 0.481 e. The zero-order valence-corrected chi connectivity index (χ0v) is 13.0. The van der Waals surface area contributed by atoms with E-state index in [1.54, 1.807) is 0 Å². The molecule has 1 aromatic rings. The highest BCUT2D eigenvalue weighted by Crippen LogP contribution is 2.48. The second kappa shape index (κ2) is 7.78. The van der Waals surface area contributed by atoms with Crippen molar-refractivity contribution in [3.8, 4) is 0 Å². The molecule has 11 heteroatoms. The summed E-state index contributed by atoms with van der Waals surface area (Å²) < 4.78 is 54.3. The van der Waals surface area contributed by atoms with Gasteiger partial charge in [0.25, 0.3) is 0 Å². The highest BCUT2D eigenvalue weighted by atomic mass is 31.2. The Labute approximate surface area is 134 Å². The Hall–Kier alpha value is -1.90. The molecule has 0 aromatic heterocycles.